The summed E-state index contributed by atoms with van der Waals surface area (Å²) in [7, 11) is 0. The molecule has 0 aliphatic heterocycles. The van der Waals surface area contributed by atoms with Crippen molar-refractivity contribution in [3.8, 4) is 6.07 Å². The normalized spacial score (nSPS) is 10.3. The molecule has 0 aromatic carbocycles. The summed E-state index contributed by atoms with van der Waals surface area (Å²) in [5, 5.41) is 12.8. The second kappa shape index (κ2) is 7.40. The second-order valence-corrected chi connectivity index (χ2v) is 6.55. The number of Topliss-reactive ketones (excluding diaryl/α,β-unsaturated/α-hetero) is 1. The van der Waals surface area contributed by atoms with Gasteiger partial charge in [0.2, 0.25) is 5.95 Å². The van der Waals surface area contributed by atoms with Crippen molar-refractivity contribution in [2.24, 2.45) is 0 Å². The molecule has 0 fully saturated rings. The Morgan fingerprint density at radius 3 is 2.86 bits per heavy atom. The second-order valence-electron chi connectivity index (χ2n) is 3.81. The largest absolute Gasteiger partial charge is 0.368 e. The van der Waals surface area contributed by atoms with Crippen LogP contribution in [0.1, 0.15) is 10.6 Å². The van der Waals surface area contributed by atoms with Crippen LogP contribution in [0, 0.1) is 11.3 Å². The van der Waals surface area contributed by atoms with Crippen LogP contribution >= 0.6 is 34.9 Å². The van der Waals surface area contributed by atoms with Gasteiger partial charge in [-0.3, -0.25) is 4.79 Å². The lowest BCUT2D eigenvalue weighted by Crippen LogP contribution is -2.07. The van der Waals surface area contributed by atoms with Gasteiger partial charge in [0, 0.05) is 11.6 Å². The van der Waals surface area contributed by atoms with E-state index < -0.39 is 0 Å². The molecule has 0 aliphatic carbocycles. The number of hydrogen-bond donors (Lipinski definition) is 1. The molecule has 2 heterocycles. The molecule has 0 radical (unpaired) electrons. The number of thioether (sulfide) groups is 2. The Labute approximate surface area is 134 Å². The van der Waals surface area contributed by atoms with E-state index in [0.717, 1.165) is 5.01 Å². The van der Waals surface area contributed by atoms with Crippen molar-refractivity contribution in [3.63, 3.8) is 0 Å². The molecule has 0 unspecified atom stereocenters. The number of carbonyl (C=O) groups excluding carboxylic acids is 1. The number of anilines is 1. The third-order valence-electron chi connectivity index (χ3n) is 2.37. The maximum absolute atomic E-state index is 11.9. The van der Waals surface area contributed by atoms with Gasteiger partial charge in [-0.15, -0.1) is 23.1 Å². The maximum Gasteiger partial charge on any atom is 0.222 e. The average Bonchev–Trinajstić information content (AvgIpc) is 2.97. The molecule has 0 amide bonds. The Balaban J connectivity index is 2.07. The number of aromatic nitrogens is 3. The standard InChI is InChI=1S/C12H11N5OS3/c1-19-10-8(5-13)11(17-12(14)16-10)21-6-7(18)4-9-15-2-3-20-9/h2-3H,4,6H2,1H3,(H2,14,16,17). The van der Waals surface area contributed by atoms with Crippen LogP contribution < -0.4 is 5.73 Å². The molecule has 0 saturated carbocycles. The predicted octanol–water partition coefficient (Wildman–Crippen LogP) is 2.01. The molecule has 0 saturated heterocycles. The maximum atomic E-state index is 11.9. The number of nitrogens with two attached hydrogens (primary N) is 1. The number of ketones is 1. The van der Waals surface area contributed by atoms with Gasteiger partial charge in [0.1, 0.15) is 27.5 Å². The van der Waals surface area contributed by atoms with E-state index in [4.69, 9.17) is 5.73 Å². The Bertz CT molecular complexity index is 681. The van der Waals surface area contributed by atoms with Crippen LogP contribution in [0.15, 0.2) is 21.6 Å². The van der Waals surface area contributed by atoms with E-state index in [-0.39, 0.29) is 17.5 Å². The number of nitriles is 1. The van der Waals surface area contributed by atoms with E-state index in [9.17, 15) is 10.1 Å². The first-order valence-electron chi connectivity index (χ1n) is 5.78. The summed E-state index contributed by atoms with van der Waals surface area (Å²) in [5.74, 6) is 0.355. The van der Waals surface area contributed by atoms with Crippen LogP contribution in [0.25, 0.3) is 0 Å². The highest BCUT2D eigenvalue weighted by atomic mass is 32.2. The van der Waals surface area contributed by atoms with Crippen LogP contribution in [0.5, 0.6) is 0 Å². The lowest BCUT2D eigenvalue weighted by molar-refractivity contribution is -0.116. The number of nitrogen functional groups attached to an aromatic ring is 1. The van der Waals surface area contributed by atoms with Gasteiger partial charge in [0.25, 0.3) is 0 Å². The summed E-state index contributed by atoms with van der Waals surface area (Å²) in [4.78, 5) is 24.0. The zero-order valence-corrected chi connectivity index (χ0v) is 13.5. The van der Waals surface area contributed by atoms with E-state index in [1.807, 2.05) is 11.6 Å². The molecule has 0 atom stereocenters. The number of carbonyl (C=O) groups is 1. The van der Waals surface area contributed by atoms with Crippen molar-refractivity contribution in [1.29, 1.82) is 5.26 Å². The molecule has 9 heteroatoms. The molecule has 108 valence electrons. The molecular formula is C12H11N5OS3. The van der Waals surface area contributed by atoms with E-state index in [2.05, 4.69) is 21.0 Å². The molecule has 2 rings (SSSR count). The lowest BCUT2D eigenvalue weighted by Gasteiger charge is -2.06. The molecular weight excluding hydrogens is 326 g/mol. The molecule has 21 heavy (non-hydrogen) atoms. The first-order valence-corrected chi connectivity index (χ1v) is 8.87. The van der Waals surface area contributed by atoms with Gasteiger partial charge in [-0.1, -0.05) is 11.8 Å². The molecule has 2 aromatic heterocycles. The van der Waals surface area contributed by atoms with Crippen molar-refractivity contribution in [1.82, 2.24) is 15.0 Å². The molecule has 6 nitrogen and oxygen atoms in total. The highest BCUT2D eigenvalue weighted by Crippen LogP contribution is 2.27. The summed E-state index contributed by atoms with van der Waals surface area (Å²) < 4.78 is 0. The van der Waals surface area contributed by atoms with Crippen LogP contribution in [0.4, 0.5) is 5.95 Å². The van der Waals surface area contributed by atoms with Crippen LogP contribution in [0.2, 0.25) is 0 Å². The number of rotatable bonds is 6. The lowest BCUT2D eigenvalue weighted by atomic mass is 10.3. The van der Waals surface area contributed by atoms with Gasteiger partial charge in [0.15, 0.2) is 0 Å². The molecule has 2 aromatic rings. The Hall–Kier alpha value is -1.63. The van der Waals surface area contributed by atoms with E-state index in [1.165, 1.54) is 34.9 Å². The molecule has 0 aliphatic rings. The molecule has 0 bridgehead atoms. The Kier molecular flexibility index (Phi) is 5.55. The quantitative estimate of drug-likeness (QED) is 0.630. The molecule has 0 spiro atoms. The average molecular weight is 337 g/mol. The van der Waals surface area contributed by atoms with E-state index >= 15 is 0 Å². The zero-order valence-electron chi connectivity index (χ0n) is 11.1. The summed E-state index contributed by atoms with van der Waals surface area (Å²) in [6, 6.07) is 2.07. The van der Waals surface area contributed by atoms with Crippen LogP contribution in [0.3, 0.4) is 0 Å². The van der Waals surface area contributed by atoms with Crippen molar-refractivity contribution >= 4 is 46.6 Å². The van der Waals surface area contributed by atoms with Gasteiger partial charge < -0.3 is 5.73 Å². The van der Waals surface area contributed by atoms with Crippen molar-refractivity contribution in [2.75, 3.05) is 17.7 Å². The van der Waals surface area contributed by atoms with Gasteiger partial charge in [-0.25, -0.2) is 15.0 Å². The van der Waals surface area contributed by atoms with Gasteiger partial charge >= 0.3 is 0 Å². The summed E-state index contributed by atoms with van der Waals surface area (Å²) in [6.07, 6.45) is 3.78. The number of nitrogens with zero attached hydrogens (tertiary/aromatic N) is 4. The SMILES string of the molecule is CSc1nc(N)nc(SCC(=O)Cc2nccs2)c1C#N. The fraction of sp³-hybridized carbons (Fsp3) is 0.250. The highest BCUT2D eigenvalue weighted by molar-refractivity contribution is 8.00. The highest BCUT2D eigenvalue weighted by Gasteiger charge is 2.15. The van der Waals surface area contributed by atoms with Crippen molar-refractivity contribution in [2.45, 2.75) is 16.5 Å². The van der Waals surface area contributed by atoms with E-state index in [0.29, 0.717) is 22.0 Å². The van der Waals surface area contributed by atoms with Crippen molar-refractivity contribution in [3.05, 3.63) is 22.1 Å². The third-order valence-corrected chi connectivity index (χ3v) is 4.86. The number of hydrogen-bond acceptors (Lipinski definition) is 9. The van der Waals surface area contributed by atoms with Crippen LogP contribution in [-0.2, 0) is 11.2 Å². The fourth-order valence-corrected chi connectivity index (χ4v) is 3.58. The van der Waals surface area contributed by atoms with Crippen molar-refractivity contribution < 1.29 is 4.79 Å². The Morgan fingerprint density at radius 2 is 2.24 bits per heavy atom. The minimum absolute atomic E-state index is 0.0294. The topological polar surface area (TPSA) is 106 Å². The Morgan fingerprint density at radius 1 is 1.48 bits per heavy atom. The smallest absolute Gasteiger partial charge is 0.222 e. The minimum atomic E-state index is 0.0294. The molecule has 2 N–H and O–H groups in total. The first-order chi connectivity index (χ1) is 10.1. The monoisotopic (exact) mass is 337 g/mol. The summed E-state index contributed by atoms with van der Waals surface area (Å²) >= 11 is 3.98. The predicted molar refractivity (Wildman–Crippen MR) is 84.5 cm³/mol. The van der Waals surface area contributed by atoms with Gasteiger partial charge in [-0.2, -0.15) is 5.26 Å². The summed E-state index contributed by atoms with van der Waals surface area (Å²) in [5.41, 5.74) is 5.99. The summed E-state index contributed by atoms with van der Waals surface area (Å²) in [6.45, 7) is 0. The third kappa shape index (κ3) is 4.17. The van der Waals surface area contributed by atoms with Gasteiger partial charge in [0.05, 0.1) is 17.2 Å². The first kappa shape index (κ1) is 15.8. The van der Waals surface area contributed by atoms with Gasteiger partial charge in [-0.05, 0) is 6.26 Å². The number of thiazole rings is 1. The zero-order chi connectivity index (χ0) is 15.2. The minimum Gasteiger partial charge on any atom is -0.368 e. The van der Waals surface area contributed by atoms with Crippen LogP contribution in [-0.4, -0.2) is 32.7 Å². The fourth-order valence-electron chi connectivity index (χ4n) is 1.49. The van der Waals surface area contributed by atoms with E-state index in [1.54, 1.807) is 6.20 Å².